The molecule has 1 aromatic rings. The fourth-order valence-electron chi connectivity index (χ4n) is 3.94. The molecule has 0 amide bonds. The Kier molecular flexibility index (Phi) is 6.56. The van der Waals surface area contributed by atoms with Gasteiger partial charge in [-0.15, -0.1) is 0 Å². The summed E-state index contributed by atoms with van der Waals surface area (Å²) in [6.45, 7) is 5.61. The van der Waals surface area contributed by atoms with Crippen LogP contribution in [0.1, 0.15) is 51.5 Å². The Labute approximate surface area is 130 Å². The Hall–Kier alpha value is -1.02. The van der Waals surface area contributed by atoms with E-state index in [0.29, 0.717) is 6.04 Å². The lowest BCUT2D eigenvalue weighted by Crippen LogP contribution is -2.41. The second-order valence-corrected chi connectivity index (χ2v) is 6.41. The van der Waals surface area contributed by atoms with Crippen LogP contribution in [0.3, 0.4) is 0 Å². The molecule has 2 heteroatoms. The molecule has 0 aromatic heterocycles. The van der Waals surface area contributed by atoms with E-state index in [1.807, 2.05) is 0 Å². The molecule has 0 heterocycles. The minimum atomic E-state index is 0.674. The summed E-state index contributed by atoms with van der Waals surface area (Å²) in [5.74, 6) is 2.71. The van der Waals surface area contributed by atoms with E-state index in [1.54, 1.807) is 7.11 Å². The normalized spacial score (nSPS) is 25.8. The maximum Gasteiger partial charge on any atom is 0.122 e. The lowest BCUT2D eigenvalue weighted by atomic mass is 9.74. The molecule has 1 fully saturated rings. The van der Waals surface area contributed by atoms with Gasteiger partial charge in [-0.1, -0.05) is 44.9 Å². The zero-order valence-electron chi connectivity index (χ0n) is 13.9. The zero-order valence-corrected chi connectivity index (χ0v) is 13.9. The van der Waals surface area contributed by atoms with Gasteiger partial charge in [-0.3, -0.25) is 0 Å². The summed E-state index contributed by atoms with van der Waals surface area (Å²) in [7, 11) is 1.78. The van der Waals surface area contributed by atoms with Crippen LogP contribution in [-0.4, -0.2) is 19.7 Å². The van der Waals surface area contributed by atoms with E-state index >= 15 is 0 Å². The number of hydrogen-bond donors (Lipinski definition) is 1. The van der Waals surface area contributed by atoms with E-state index in [0.717, 1.165) is 30.6 Å². The lowest BCUT2D eigenvalue weighted by Gasteiger charge is -2.37. The molecule has 1 aliphatic carbocycles. The minimum Gasteiger partial charge on any atom is -0.496 e. The molecule has 3 atom stereocenters. The first-order valence-corrected chi connectivity index (χ1v) is 8.63. The van der Waals surface area contributed by atoms with Gasteiger partial charge in [-0.05, 0) is 55.7 Å². The van der Waals surface area contributed by atoms with Crippen molar-refractivity contribution in [1.82, 2.24) is 5.32 Å². The van der Waals surface area contributed by atoms with E-state index < -0.39 is 0 Å². The molecule has 1 aromatic carbocycles. The van der Waals surface area contributed by atoms with Gasteiger partial charge in [0.15, 0.2) is 0 Å². The Morgan fingerprint density at radius 1 is 1.19 bits per heavy atom. The molecule has 1 N–H and O–H groups in total. The van der Waals surface area contributed by atoms with Gasteiger partial charge >= 0.3 is 0 Å². The van der Waals surface area contributed by atoms with Crippen molar-refractivity contribution in [2.45, 2.75) is 58.4 Å². The predicted molar refractivity (Wildman–Crippen MR) is 89.9 cm³/mol. The van der Waals surface area contributed by atoms with Crippen LogP contribution in [0.15, 0.2) is 24.3 Å². The average molecular weight is 289 g/mol. The molecule has 21 heavy (non-hydrogen) atoms. The second kappa shape index (κ2) is 8.43. The molecule has 1 aliphatic rings. The Morgan fingerprint density at radius 2 is 2.00 bits per heavy atom. The number of benzene rings is 1. The van der Waals surface area contributed by atoms with Gasteiger partial charge in [-0.2, -0.15) is 0 Å². The van der Waals surface area contributed by atoms with E-state index in [2.05, 4.69) is 43.4 Å². The van der Waals surface area contributed by atoms with Crippen LogP contribution in [0.5, 0.6) is 5.75 Å². The van der Waals surface area contributed by atoms with Gasteiger partial charge in [0.05, 0.1) is 7.11 Å². The summed E-state index contributed by atoms with van der Waals surface area (Å²) < 4.78 is 5.54. The van der Waals surface area contributed by atoms with Crippen molar-refractivity contribution in [2.24, 2.45) is 11.8 Å². The lowest BCUT2D eigenvalue weighted by molar-refractivity contribution is 0.194. The summed E-state index contributed by atoms with van der Waals surface area (Å²) >= 11 is 0. The van der Waals surface area contributed by atoms with E-state index in [1.165, 1.54) is 37.7 Å². The van der Waals surface area contributed by atoms with Crippen LogP contribution in [0.2, 0.25) is 0 Å². The van der Waals surface area contributed by atoms with Crippen LogP contribution >= 0.6 is 0 Å². The highest BCUT2D eigenvalue weighted by Gasteiger charge is 2.30. The highest BCUT2D eigenvalue weighted by Crippen LogP contribution is 2.35. The number of para-hydroxylation sites is 1. The van der Waals surface area contributed by atoms with Crippen LogP contribution in [-0.2, 0) is 6.42 Å². The quantitative estimate of drug-likeness (QED) is 0.801. The monoisotopic (exact) mass is 289 g/mol. The molecule has 2 rings (SSSR count). The number of rotatable bonds is 7. The Bertz CT molecular complexity index is 418. The van der Waals surface area contributed by atoms with Gasteiger partial charge in [0.1, 0.15) is 5.75 Å². The van der Waals surface area contributed by atoms with E-state index in [4.69, 9.17) is 4.74 Å². The molecule has 0 radical (unpaired) electrons. The molecule has 0 spiro atoms. The topological polar surface area (TPSA) is 21.3 Å². The van der Waals surface area contributed by atoms with Gasteiger partial charge in [0, 0.05) is 6.04 Å². The first-order chi connectivity index (χ1) is 10.3. The van der Waals surface area contributed by atoms with Crippen molar-refractivity contribution in [3.63, 3.8) is 0 Å². The first-order valence-electron chi connectivity index (χ1n) is 8.63. The third-order valence-corrected chi connectivity index (χ3v) is 4.93. The molecular weight excluding hydrogens is 258 g/mol. The van der Waals surface area contributed by atoms with Gasteiger partial charge in [-0.25, -0.2) is 0 Å². The van der Waals surface area contributed by atoms with Crippen molar-refractivity contribution >= 4 is 0 Å². The van der Waals surface area contributed by atoms with Crippen molar-refractivity contribution in [3.8, 4) is 5.75 Å². The maximum absolute atomic E-state index is 5.54. The van der Waals surface area contributed by atoms with E-state index in [9.17, 15) is 0 Å². The highest BCUT2D eigenvalue weighted by molar-refractivity contribution is 5.33. The Balaban J connectivity index is 2.08. The standard InChI is InChI=1S/C19H31NO/c1-4-8-15-11-12-18(20-5-2)17(13-15)14-16-9-6-7-10-19(16)21-3/h6-7,9-10,15,17-18,20H,4-5,8,11-14H2,1-3H3. The summed E-state index contributed by atoms with van der Waals surface area (Å²) in [5, 5.41) is 3.71. The van der Waals surface area contributed by atoms with Crippen LogP contribution < -0.4 is 10.1 Å². The SMILES string of the molecule is CCCC1CCC(NCC)C(Cc2ccccc2OC)C1. The number of ether oxygens (including phenoxy) is 1. The minimum absolute atomic E-state index is 0.674. The van der Waals surface area contributed by atoms with Crippen LogP contribution in [0.4, 0.5) is 0 Å². The maximum atomic E-state index is 5.54. The van der Waals surface area contributed by atoms with Crippen molar-refractivity contribution in [1.29, 1.82) is 0 Å². The van der Waals surface area contributed by atoms with Crippen LogP contribution in [0, 0.1) is 11.8 Å². The van der Waals surface area contributed by atoms with Crippen LogP contribution in [0.25, 0.3) is 0 Å². The highest BCUT2D eigenvalue weighted by atomic mass is 16.5. The average Bonchev–Trinajstić information content (AvgIpc) is 2.51. The van der Waals surface area contributed by atoms with Crippen molar-refractivity contribution in [2.75, 3.05) is 13.7 Å². The fourth-order valence-corrected chi connectivity index (χ4v) is 3.94. The summed E-state index contributed by atoms with van der Waals surface area (Å²) in [5.41, 5.74) is 1.37. The van der Waals surface area contributed by atoms with Crippen molar-refractivity contribution < 1.29 is 4.74 Å². The second-order valence-electron chi connectivity index (χ2n) is 6.41. The van der Waals surface area contributed by atoms with Gasteiger partial charge < -0.3 is 10.1 Å². The third kappa shape index (κ3) is 4.47. The summed E-state index contributed by atoms with van der Waals surface area (Å²) in [6.07, 6.45) is 7.94. The summed E-state index contributed by atoms with van der Waals surface area (Å²) in [6, 6.07) is 9.18. The summed E-state index contributed by atoms with van der Waals surface area (Å²) in [4.78, 5) is 0. The molecule has 2 nitrogen and oxygen atoms in total. The third-order valence-electron chi connectivity index (χ3n) is 4.93. The fraction of sp³-hybridized carbons (Fsp3) is 0.684. The largest absolute Gasteiger partial charge is 0.496 e. The molecule has 0 saturated heterocycles. The molecule has 118 valence electrons. The van der Waals surface area contributed by atoms with Crippen molar-refractivity contribution in [3.05, 3.63) is 29.8 Å². The van der Waals surface area contributed by atoms with Gasteiger partial charge in [0.2, 0.25) is 0 Å². The van der Waals surface area contributed by atoms with Gasteiger partial charge in [0.25, 0.3) is 0 Å². The molecular formula is C19H31NO. The Morgan fingerprint density at radius 3 is 2.71 bits per heavy atom. The molecule has 0 bridgehead atoms. The van der Waals surface area contributed by atoms with E-state index in [-0.39, 0.29) is 0 Å². The predicted octanol–water partition coefficient (Wildman–Crippen LogP) is 4.43. The number of nitrogens with one attached hydrogen (secondary N) is 1. The zero-order chi connectivity index (χ0) is 15.1. The molecule has 3 unspecified atom stereocenters. The smallest absolute Gasteiger partial charge is 0.122 e. The number of methoxy groups -OCH3 is 1. The first kappa shape index (κ1) is 16.4. The molecule has 0 aliphatic heterocycles. The number of hydrogen-bond acceptors (Lipinski definition) is 2. The molecule has 1 saturated carbocycles.